The fraction of sp³-hybridized carbons (Fsp3) is 0.0769. The van der Waals surface area contributed by atoms with E-state index >= 15 is 0 Å². The van der Waals surface area contributed by atoms with Crippen molar-refractivity contribution >= 4 is 17.4 Å². The summed E-state index contributed by atoms with van der Waals surface area (Å²) < 4.78 is 15.2. The van der Waals surface area contributed by atoms with Crippen molar-refractivity contribution in [1.82, 2.24) is 19.2 Å². The Bertz CT molecular complexity index is 870. The lowest BCUT2D eigenvalue weighted by Crippen LogP contribution is -2.28. The molecule has 0 aliphatic heterocycles. The van der Waals surface area contributed by atoms with Crippen molar-refractivity contribution in [3.05, 3.63) is 59.0 Å². The molecule has 1 N–H and O–H groups in total. The number of anilines is 1. The molecule has 0 saturated heterocycles. The van der Waals surface area contributed by atoms with Gasteiger partial charge in [0.05, 0.1) is 0 Å². The van der Waals surface area contributed by atoms with Crippen LogP contribution in [0.25, 0.3) is 5.78 Å². The van der Waals surface area contributed by atoms with Crippen molar-refractivity contribution in [2.75, 3.05) is 5.32 Å². The van der Waals surface area contributed by atoms with E-state index in [1.807, 2.05) is 0 Å². The fourth-order valence-corrected chi connectivity index (χ4v) is 1.87. The molecule has 0 atom stereocenters. The van der Waals surface area contributed by atoms with Crippen molar-refractivity contribution in [3.63, 3.8) is 0 Å². The number of fused-ring (bicyclic) bond motifs is 1. The van der Waals surface area contributed by atoms with Gasteiger partial charge in [-0.3, -0.25) is 4.79 Å². The van der Waals surface area contributed by atoms with Crippen LogP contribution in [-0.4, -0.2) is 25.1 Å². The Morgan fingerprint density at radius 3 is 2.95 bits per heavy atom. The Labute approximate surface area is 117 Å². The summed E-state index contributed by atoms with van der Waals surface area (Å²) in [5, 5.41) is 6.43. The van der Waals surface area contributed by atoms with Gasteiger partial charge in [0, 0.05) is 18.1 Å². The zero-order chi connectivity index (χ0) is 14.8. The van der Waals surface area contributed by atoms with E-state index in [2.05, 4.69) is 15.4 Å². The Hall–Kier alpha value is -3.03. The molecule has 3 aromatic rings. The smallest absolute Gasteiger partial charge is 0.324 e. The van der Waals surface area contributed by atoms with Gasteiger partial charge in [-0.2, -0.15) is 0 Å². The number of carbonyl (C=O) groups excluding carboxylic acids is 1. The van der Waals surface area contributed by atoms with Gasteiger partial charge in [0.1, 0.15) is 12.4 Å². The molecule has 2 heterocycles. The monoisotopic (exact) mass is 287 g/mol. The first kappa shape index (κ1) is 13.0. The predicted octanol–water partition coefficient (Wildman–Crippen LogP) is 0.669. The molecule has 3 rings (SSSR count). The summed E-state index contributed by atoms with van der Waals surface area (Å²) in [4.78, 5) is 27.7. The van der Waals surface area contributed by atoms with Gasteiger partial charge in [0.2, 0.25) is 5.91 Å². The lowest BCUT2D eigenvalue weighted by molar-refractivity contribution is -0.117. The minimum Gasteiger partial charge on any atom is -0.324 e. The van der Waals surface area contributed by atoms with Crippen LogP contribution in [0.3, 0.4) is 0 Å². The van der Waals surface area contributed by atoms with Gasteiger partial charge >= 0.3 is 5.69 Å². The molecule has 7 nitrogen and oxygen atoms in total. The lowest BCUT2D eigenvalue weighted by atomic mass is 10.3. The molecule has 0 radical (unpaired) electrons. The van der Waals surface area contributed by atoms with Crippen LogP contribution in [0.1, 0.15) is 0 Å². The lowest BCUT2D eigenvalue weighted by Gasteiger charge is -2.04. The number of halogens is 1. The largest absolute Gasteiger partial charge is 0.352 e. The van der Waals surface area contributed by atoms with Crippen LogP contribution in [0.2, 0.25) is 0 Å². The Kier molecular flexibility index (Phi) is 3.19. The van der Waals surface area contributed by atoms with Gasteiger partial charge in [0.25, 0.3) is 5.78 Å². The Morgan fingerprint density at radius 2 is 2.19 bits per heavy atom. The number of rotatable bonds is 3. The summed E-state index contributed by atoms with van der Waals surface area (Å²) in [5.74, 6) is -0.728. The molecule has 0 unspecified atom stereocenters. The summed E-state index contributed by atoms with van der Waals surface area (Å²) in [7, 11) is 0. The first-order chi connectivity index (χ1) is 10.1. The third-order valence-electron chi connectivity index (χ3n) is 2.77. The van der Waals surface area contributed by atoms with Crippen LogP contribution in [-0.2, 0) is 11.3 Å². The van der Waals surface area contributed by atoms with E-state index in [0.717, 1.165) is 4.68 Å². The molecule has 0 aliphatic rings. The zero-order valence-electron chi connectivity index (χ0n) is 10.7. The van der Waals surface area contributed by atoms with Crippen LogP contribution >= 0.6 is 0 Å². The highest BCUT2D eigenvalue weighted by atomic mass is 19.1. The van der Waals surface area contributed by atoms with Crippen molar-refractivity contribution in [1.29, 1.82) is 0 Å². The second-order valence-electron chi connectivity index (χ2n) is 4.29. The van der Waals surface area contributed by atoms with Gasteiger partial charge in [-0.25, -0.2) is 23.3 Å². The molecule has 21 heavy (non-hydrogen) atoms. The second kappa shape index (κ2) is 5.16. The fourth-order valence-electron chi connectivity index (χ4n) is 1.87. The number of benzene rings is 1. The molecule has 0 aliphatic carbocycles. The summed E-state index contributed by atoms with van der Waals surface area (Å²) in [6.07, 6.45) is 3.01. The number of hydrogen-bond acceptors (Lipinski definition) is 4. The standard InChI is InChI=1S/C13H10FN5O2/c14-9-3-1-4-10(7-9)16-11(20)8-19-13(21)18-6-2-5-15-12(18)17-19/h1-7H,8H2,(H,16,20). The maximum absolute atomic E-state index is 13.0. The van der Waals surface area contributed by atoms with E-state index in [0.29, 0.717) is 5.69 Å². The highest BCUT2D eigenvalue weighted by Gasteiger charge is 2.11. The van der Waals surface area contributed by atoms with Crippen LogP contribution in [0.15, 0.2) is 47.5 Å². The van der Waals surface area contributed by atoms with Gasteiger partial charge in [-0.15, -0.1) is 5.10 Å². The van der Waals surface area contributed by atoms with E-state index in [1.165, 1.54) is 35.0 Å². The summed E-state index contributed by atoms with van der Waals surface area (Å²) in [6, 6.07) is 7.08. The second-order valence-corrected chi connectivity index (χ2v) is 4.29. The van der Waals surface area contributed by atoms with Crippen LogP contribution < -0.4 is 11.0 Å². The Balaban J connectivity index is 1.80. The van der Waals surface area contributed by atoms with E-state index in [-0.39, 0.29) is 12.3 Å². The summed E-state index contributed by atoms with van der Waals surface area (Å²) in [6.45, 7) is -0.279. The molecule has 0 saturated carbocycles. The van der Waals surface area contributed by atoms with Crippen molar-refractivity contribution in [2.24, 2.45) is 0 Å². The predicted molar refractivity (Wildman–Crippen MR) is 72.3 cm³/mol. The highest BCUT2D eigenvalue weighted by molar-refractivity contribution is 5.90. The van der Waals surface area contributed by atoms with Crippen molar-refractivity contribution < 1.29 is 9.18 Å². The molecule has 0 spiro atoms. The van der Waals surface area contributed by atoms with Crippen molar-refractivity contribution in [2.45, 2.75) is 6.54 Å². The summed E-state index contributed by atoms with van der Waals surface area (Å²) >= 11 is 0. The first-order valence-electron chi connectivity index (χ1n) is 6.09. The molecular weight excluding hydrogens is 277 g/mol. The van der Waals surface area contributed by atoms with E-state index in [1.54, 1.807) is 12.1 Å². The Morgan fingerprint density at radius 1 is 1.33 bits per heavy atom. The SMILES string of the molecule is O=C(Cn1nc2ncccn2c1=O)Nc1cccc(F)c1. The molecule has 106 valence electrons. The molecular formula is C13H10FN5O2. The van der Waals surface area contributed by atoms with Gasteiger partial charge in [-0.05, 0) is 24.3 Å². The molecule has 8 heteroatoms. The maximum atomic E-state index is 13.0. The molecule has 1 aromatic carbocycles. The molecule has 0 fully saturated rings. The van der Waals surface area contributed by atoms with E-state index in [9.17, 15) is 14.0 Å². The number of carbonyl (C=O) groups is 1. The first-order valence-corrected chi connectivity index (χ1v) is 6.09. The number of hydrogen-bond donors (Lipinski definition) is 1. The molecule has 2 aromatic heterocycles. The minimum absolute atomic E-state index is 0.209. The topological polar surface area (TPSA) is 81.3 Å². The minimum atomic E-state index is -0.480. The highest BCUT2D eigenvalue weighted by Crippen LogP contribution is 2.08. The molecule has 0 bridgehead atoms. The third kappa shape index (κ3) is 2.64. The van der Waals surface area contributed by atoms with Gasteiger partial charge in [-0.1, -0.05) is 6.07 Å². The molecule has 1 amide bonds. The van der Waals surface area contributed by atoms with Gasteiger partial charge in [0.15, 0.2) is 0 Å². The van der Waals surface area contributed by atoms with E-state index in [4.69, 9.17) is 0 Å². The van der Waals surface area contributed by atoms with Gasteiger partial charge < -0.3 is 5.32 Å². The van der Waals surface area contributed by atoms with Crippen LogP contribution in [0.5, 0.6) is 0 Å². The average Bonchev–Trinajstić information content (AvgIpc) is 2.76. The van der Waals surface area contributed by atoms with Crippen LogP contribution in [0, 0.1) is 5.82 Å². The number of amides is 1. The third-order valence-corrected chi connectivity index (χ3v) is 2.77. The number of nitrogens with one attached hydrogen (secondary N) is 1. The normalized spacial score (nSPS) is 10.7. The quantitative estimate of drug-likeness (QED) is 0.767. The number of aromatic nitrogens is 4. The number of nitrogens with zero attached hydrogens (tertiary/aromatic N) is 4. The van der Waals surface area contributed by atoms with Crippen LogP contribution in [0.4, 0.5) is 10.1 Å². The van der Waals surface area contributed by atoms with E-state index < -0.39 is 17.4 Å². The average molecular weight is 287 g/mol. The maximum Gasteiger partial charge on any atom is 0.352 e. The zero-order valence-corrected chi connectivity index (χ0v) is 10.7. The van der Waals surface area contributed by atoms with Crippen molar-refractivity contribution in [3.8, 4) is 0 Å². The summed E-state index contributed by atoms with van der Waals surface area (Å²) in [5.41, 5.74) is -0.151.